The average Bonchev–Trinajstić information content (AvgIpc) is 2.08. The van der Waals surface area contributed by atoms with E-state index in [0.29, 0.717) is 0 Å². The van der Waals surface area contributed by atoms with Gasteiger partial charge < -0.3 is 20.8 Å². The van der Waals surface area contributed by atoms with Crippen molar-refractivity contribution in [1.82, 2.24) is 10.6 Å². The van der Waals surface area contributed by atoms with Crippen LogP contribution in [0, 0.1) is 0 Å². The van der Waals surface area contributed by atoms with Gasteiger partial charge in [0.2, 0.25) is 5.91 Å². The van der Waals surface area contributed by atoms with Crippen LogP contribution in [0.15, 0.2) is 0 Å². The summed E-state index contributed by atoms with van der Waals surface area (Å²) >= 11 is 0. The highest BCUT2D eigenvalue weighted by Gasteiger charge is 2.24. The van der Waals surface area contributed by atoms with Crippen molar-refractivity contribution in [3.63, 3.8) is 0 Å². The van der Waals surface area contributed by atoms with Crippen LogP contribution in [-0.2, 0) is 9.59 Å². The molecule has 17 heavy (non-hydrogen) atoms. The van der Waals surface area contributed by atoms with Gasteiger partial charge in [0.15, 0.2) is 0 Å². The molecular formula is C11H22N2O4. The Hall–Kier alpha value is -1.14. The largest absolute Gasteiger partial charge is 0.481 e. The summed E-state index contributed by atoms with van der Waals surface area (Å²) in [6, 6.07) is 0. The minimum atomic E-state index is -1.43. The lowest BCUT2D eigenvalue weighted by Crippen LogP contribution is -2.47. The fourth-order valence-corrected chi connectivity index (χ4v) is 1.09. The molecule has 1 amide bonds. The van der Waals surface area contributed by atoms with E-state index < -0.39 is 18.0 Å². The van der Waals surface area contributed by atoms with Crippen LogP contribution in [0.2, 0.25) is 0 Å². The molecule has 100 valence electrons. The smallest absolute Gasteiger partial charge is 0.306 e. The molecule has 0 saturated carbocycles. The molecule has 0 radical (unpaired) electrons. The van der Waals surface area contributed by atoms with E-state index in [4.69, 9.17) is 5.11 Å². The number of hydrogen-bond acceptors (Lipinski definition) is 4. The number of rotatable bonds is 6. The van der Waals surface area contributed by atoms with Crippen LogP contribution in [-0.4, -0.2) is 46.3 Å². The van der Waals surface area contributed by atoms with Gasteiger partial charge in [0, 0.05) is 12.1 Å². The Kier molecular flexibility index (Phi) is 5.57. The zero-order chi connectivity index (χ0) is 13.7. The topological polar surface area (TPSA) is 98.7 Å². The molecular weight excluding hydrogens is 224 g/mol. The van der Waals surface area contributed by atoms with Crippen molar-refractivity contribution < 1.29 is 19.8 Å². The summed E-state index contributed by atoms with van der Waals surface area (Å²) in [5.41, 5.74) is -1.59. The van der Waals surface area contributed by atoms with Crippen molar-refractivity contribution in [2.75, 3.05) is 13.1 Å². The quantitative estimate of drug-likeness (QED) is 0.516. The van der Waals surface area contributed by atoms with Crippen molar-refractivity contribution in [1.29, 1.82) is 0 Å². The van der Waals surface area contributed by atoms with E-state index in [1.165, 1.54) is 6.92 Å². The van der Waals surface area contributed by atoms with E-state index in [9.17, 15) is 14.7 Å². The molecule has 0 aliphatic heterocycles. The van der Waals surface area contributed by atoms with E-state index in [2.05, 4.69) is 10.6 Å². The van der Waals surface area contributed by atoms with E-state index in [1.807, 2.05) is 20.8 Å². The third-order valence-corrected chi connectivity index (χ3v) is 1.98. The molecule has 4 N–H and O–H groups in total. The first-order valence-corrected chi connectivity index (χ1v) is 5.48. The van der Waals surface area contributed by atoms with Crippen molar-refractivity contribution in [2.45, 2.75) is 45.3 Å². The van der Waals surface area contributed by atoms with Crippen LogP contribution in [0.1, 0.15) is 34.1 Å². The predicted octanol–water partition coefficient (Wildman–Crippen LogP) is -0.284. The molecule has 0 aliphatic rings. The van der Waals surface area contributed by atoms with Gasteiger partial charge >= 0.3 is 5.97 Å². The number of aliphatic carboxylic acids is 1. The molecule has 1 unspecified atom stereocenters. The maximum absolute atomic E-state index is 11.4. The molecule has 0 aromatic heterocycles. The lowest BCUT2D eigenvalue weighted by Gasteiger charge is -2.23. The highest BCUT2D eigenvalue weighted by Crippen LogP contribution is 2.07. The zero-order valence-electron chi connectivity index (χ0n) is 10.8. The van der Waals surface area contributed by atoms with Crippen LogP contribution in [0.25, 0.3) is 0 Å². The van der Waals surface area contributed by atoms with Gasteiger partial charge in [0.25, 0.3) is 0 Å². The fourth-order valence-electron chi connectivity index (χ4n) is 1.09. The maximum Gasteiger partial charge on any atom is 0.306 e. The summed E-state index contributed by atoms with van der Waals surface area (Å²) in [6.45, 7) is 7.22. The summed E-state index contributed by atoms with van der Waals surface area (Å²) in [5.74, 6) is -1.37. The fraction of sp³-hybridized carbons (Fsp3) is 0.818. The monoisotopic (exact) mass is 246 g/mol. The standard InChI is InChI=1S/C11H22N2O4/c1-10(2,3)13-6-8(14)12-7-11(4,17)5-9(15)16/h13,17H,5-7H2,1-4H3,(H,12,14)(H,15,16). The number of carbonyl (C=O) groups excluding carboxylic acids is 1. The van der Waals surface area contributed by atoms with Gasteiger partial charge in [-0.1, -0.05) is 0 Å². The number of aliphatic hydroxyl groups is 1. The normalized spacial score (nSPS) is 15.1. The Labute approximate surface area is 101 Å². The van der Waals surface area contributed by atoms with Crippen molar-refractivity contribution in [3.8, 4) is 0 Å². The number of hydrogen-bond donors (Lipinski definition) is 4. The average molecular weight is 246 g/mol. The number of carboxylic acids is 1. The van der Waals surface area contributed by atoms with Crippen molar-refractivity contribution >= 4 is 11.9 Å². The second kappa shape index (κ2) is 5.97. The van der Waals surface area contributed by atoms with E-state index in [0.717, 1.165) is 0 Å². The first-order valence-electron chi connectivity index (χ1n) is 5.48. The molecule has 0 aromatic carbocycles. The Bertz CT molecular complexity index is 282. The van der Waals surface area contributed by atoms with Gasteiger partial charge in [-0.25, -0.2) is 0 Å². The summed E-state index contributed by atoms with van der Waals surface area (Å²) in [7, 11) is 0. The van der Waals surface area contributed by atoms with Gasteiger partial charge in [-0.3, -0.25) is 9.59 Å². The van der Waals surface area contributed by atoms with Gasteiger partial charge in [0.05, 0.1) is 18.6 Å². The molecule has 0 rings (SSSR count). The third-order valence-electron chi connectivity index (χ3n) is 1.98. The number of carboxylic acid groups (broad SMARTS) is 1. The Morgan fingerprint density at radius 3 is 2.12 bits per heavy atom. The third kappa shape index (κ3) is 9.77. The minimum Gasteiger partial charge on any atom is -0.481 e. The molecule has 1 atom stereocenters. The molecule has 0 spiro atoms. The van der Waals surface area contributed by atoms with Gasteiger partial charge in [-0.2, -0.15) is 0 Å². The lowest BCUT2D eigenvalue weighted by molar-refractivity contribution is -0.142. The Balaban J connectivity index is 3.95. The van der Waals surface area contributed by atoms with Crippen LogP contribution in [0.5, 0.6) is 0 Å². The lowest BCUT2D eigenvalue weighted by atomic mass is 10.0. The van der Waals surface area contributed by atoms with Gasteiger partial charge in [0.1, 0.15) is 0 Å². The molecule has 0 fully saturated rings. The molecule has 0 aliphatic carbocycles. The van der Waals surface area contributed by atoms with E-state index >= 15 is 0 Å². The highest BCUT2D eigenvalue weighted by atomic mass is 16.4. The molecule has 6 heteroatoms. The van der Waals surface area contributed by atoms with E-state index in [1.54, 1.807) is 0 Å². The second-order valence-corrected chi connectivity index (χ2v) is 5.45. The summed E-state index contributed by atoms with van der Waals surface area (Å²) < 4.78 is 0. The van der Waals surface area contributed by atoms with Crippen LogP contribution >= 0.6 is 0 Å². The van der Waals surface area contributed by atoms with Gasteiger partial charge in [-0.15, -0.1) is 0 Å². The minimum absolute atomic E-state index is 0.0794. The highest BCUT2D eigenvalue weighted by molar-refractivity contribution is 5.78. The van der Waals surface area contributed by atoms with Crippen LogP contribution in [0.4, 0.5) is 0 Å². The molecule has 0 bridgehead atoms. The van der Waals surface area contributed by atoms with Crippen molar-refractivity contribution in [2.24, 2.45) is 0 Å². The molecule has 0 saturated heterocycles. The maximum atomic E-state index is 11.4. The molecule has 6 nitrogen and oxygen atoms in total. The summed E-state index contributed by atoms with van der Waals surface area (Å²) in [4.78, 5) is 21.8. The first-order chi connectivity index (χ1) is 7.52. The number of amides is 1. The Morgan fingerprint density at radius 2 is 1.71 bits per heavy atom. The van der Waals surface area contributed by atoms with Crippen LogP contribution in [0.3, 0.4) is 0 Å². The van der Waals surface area contributed by atoms with Gasteiger partial charge in [-0.05, 0) is 27.7 Å². The van der Waals surface area contributed by atoms with Crippen LogP contribution < -0.4 is 10.6 Å². The molecule has 0 heterocycles. The summed E-state index contributed by atoms with van der Waals surface area (Å²) in [5, 5.41) is 23.7. The number of nitrogens with one attached hydrogen (secondary N) is 2. The second-order valence-electron chi connectivity index (χ2n) is 5.45. The predicted molar refractivity (Wildman–Crippen MR) is 63.6 cm³/mol. The summed E-state index contributed by atoms with van der Waals surface area (Å²) in [6.07, 6.45) is -0.403. The Morgan fingerprint density at radius 1 is 1.18 bits per heavy atom. The first kappa shape index (κ1) is 15.9. The SMILES string of the molecule is CC(O)(CNC(=O)CNC(C)(C)C)CC(=O)O. The number of carbonyl (C=O) groups is 2. The zero-order valence-corrected chi connectivity index (χ0v) is 10.8. The molecule has 0 aromatic rings. The van der Waals surface area contributed by atoms with E-state index in [-0.39, 0.29) is 24.5 Å². The van der Waals surface area contributed by atoms with Crippen molar-refractivity contribution in [3.05, 3.63) is 0 Å².